The molecular formula is C26H33N5O2. The molecule has 1 aliphatic rings. The average Bonchev–Trinajstić information content (AvgIpc) is 3.44. The molecule has 0 bridgehead atoms. The SMILES string of the molecule is CN=C(NCc1ccc(C)cc1OC1CCOC1)NCc1ccccc1-n1nc(C)cc1C. The first-order valence-electron chi connectivity index (χ1n) is 11.4. The highest BCUT2D eigenvalue weighted by Gasteiger charge is 2.19. The predicted octanol–water partition coefficient (Wildman–Crippen LogP) is 3.83. The molecule has 0 amide bonds. The number of hydrogen-bond donors (Lipinski definition) is 2. The molecule has 1 fully saturated rings. The zero-order chi connectivity index (χ0) is 23.2. The first-order valence-corrected chi connectivity index (χ1v) is 11.4. The van der Waals surface area contributed by atoms with E-state index in [1.807, 2.05) is 23.7 Å². The van der Waals surface area contributed by atoms with Crippen molar-refractivity contribution in [3.8, 4) is 11.4 Å². The molecule has 7 heteroatoms. The number of para-hydroxylation sites is 1. The minimum atomic E-state index is 0.119. The Balaban J connectivity index is 1.41. The van der Waals surface area contributed by atoms with E-state index in [1.54, 1.807) is 7.05 Å². The molecule has 1 atom stereocenters. The van der Waals surface area contributed by atoms with Crippen LogP contribution in [0.3, 0.4) is 0 Å². The van der Waals surface area contributed by atoms with Gasteiger partial charge in [0.25, 0.3) is 0 Å². The van der Waals surface area contributed by atoms with Crippen molar-refractivity contribution < 1.29 is 9.47 Å². The summed E-state index contributed by atoms with van der Waals surface area (Å²) in [5, 5.41) is 11.5. The van der Waals surface area contributed by atoms with Crippen LogP contribution in [0.25, 0.3) is 5.69 Å². The van der Waals surface area contributed by atoms with Gasteiger partial charge < -0.3 is 20.1 Å². The summed E-state index contributed by atoms with van der Waals surface area (Å²) >= 11 is 0. The minimum absolute atomic E-state index is 0.119. The van der Waals surface area contributed by atoms with Gasteiger partial charge in [-0.25, -0.2) is 4.68 Å². The molecule has 0 saturated carbocycles. The predicted molar refractivity (Wildman–Crippen MR) is 131 cm³/mol. The van der Waals surface area contributed by atoms with Crippen molar-refractivity contribution in [1.82, 2.24) is 20.4 Å². The number of ether oxygens (including phenoxy) is 2. The van der Waals surface area contributed by atoms with E-state index < -0.39 is 0 Å². The van der Waals surface area contributed by atoms with Gasteiger partial charge in [0, 0.05) is 37.8 Å². The van der Waals surface area contributed by atoms with Crippen LogP contribution in [0.1, 0.15) is 34.5 Å². The first-order chi connectivity index (χ1) is 16.0. The summed E-state index contributed by atoms with van der Waals surface area (Å²) in [6.07, 6.45) is 1.05. The van der Waals surface area contributed by atoms with E-state index in [0.717, 1.165) is 52.9 Å². The van der Waals surface area contributed by atoms with E-state index in [4.69, 9.17) is 9.47 Å². The number of guanidine groups is 1. The van der Waals surface area contributed by atoms with Gasteiger partial charge in [-0.15, -0.1) is 0 Å². The van der Waals surface area contributed by atoms with E-state index in [0.29, 0.717) is 19.7 Å². The Kier molecular flexibility index (Phi) is 7.29. The van der Waals surface area contributed by atoms with Gasteiger partial charge >= 0.3 is 0 Å². The molecule has 1 saturated heterocycles. The summed E-state index contributed by atoms with van der Waals surface area (Å²) < 4.78 is 13.7. The van der Waals surface area contributed by atoms with E-state index in [2.05, 4.69) is 71.0 Å². The zero-order valence-corrected chi connectivity index (χ0v) is 19.9. The molecule has 4 rings (SSSR count). The van der Waals surface area contributed by atoms with Crippen molar-refractivity contribution >= 4 is 5.96 Å². The summed E-state index contributed by atoms with van der Waals surface area (Å²) in [4.78, 5) is 4.40. The molecular weight excluding hydrogens is 414 g/mol. The van der Waals surface area contributed by atoms with Crippen LogP contribution in [-0.4, -0.2) is 42.1 Å². The van der Waals surface area contributed by atoms with Gasteiger partial charge in [-0.3, -0.25) is 4.99 Å². The Morgan fingerprint density at radius 2 is 1.88 bits per heavy atom. The molecule has 3 aromatic rings. The molecule has 1 aliphatic heterocycles. The van der Waals surface area contributed by atoms with Gasteiger partial charge in [0.05, 0.1) is 24.6 Å². The maximum absolute atomic E-state index is 6.23. The molecule has 0 aliphatic carbocycles. The number of aliphatic imine (C=N–C) groups is 1. The van der Waals surface area contributed by atoms with Crippen LogP contribution in [0.4, 0.5) is 0 Å². The van der Waals surface area contributed by atoms with Crippen LogP contribution in [0.5, 0.6) is 5.75 Å². The number of benzene rings is 2. The molecule has 0 spiro atoms. The molecule has 0 radical (unpaired) electrons. The number of aryl methyl sites for hydroxylation is 3. The maximum Gasteiger partial charge on any atom is 0.191 e. The Morgan fingerprint density at radius 3 is 2.58 bits per heavy atom. The van der Waals surface area contributed by atoms with E-state index in [1.165, 1.54) is 5.56 Å². The van der Waals surface area contributed by atoms with Crippen LogP contribution in [0, 0.1) is 20.8 Å². The zero-order valence-electron chi connectivity index (χ0n) is 19.9. The number of rotatable bonds is 7. The average molecular weight is 448 g/mol. The molecule has 33 heavy (non-hydrogen) atoms. The second kappa shape index (κ2) is 10.5. The van der Waals surface area contributed by atoms with Crippen LogP contribution in [0.2, 0.25) is 0 Å². The molecule has 7 nitrogen and oxygen atoms in total. The van der Waals surface area contributed by atoms with E-state index >= 15 is 0 Å². The number of hydrogen-bond acceptors (Lipinski definition) is 4. The lowest BCUT2D eigenvalue weighted by atomic mass is 10.1. The third-order valence-electron chi connectivity index (χ3n) is 5.75. The van der Waals surface area contributed by atoms with E-state index in [-0.39, 0.29) is 6.10 Å². The Hall–Kier alpha value is -3.32. The quantitative estimate of drug-likeness (QED) is 0.425. The highest BCUT2D eigenvalue weighted by Crippen LogP contribution is 2.24. The maximum atomic E-state index is 6.23. The lowest BCUT2D eigenvalue weighted by molar-refractivity contribution is 0.140. The summed E-state index contributed by atoms with van der Waals surface area (Å²) in [5.74, 6) is 1.64. The molecule has 174 valence electrons. The Labute approximate surface area is 195 Å². The fourth-order valence-electron chi connectivity index (χ4n) is 4.02. The smallest absolute Gasteiger partial charge is 0.191 e. The standard InChI is InChI=1S/C26H33N5O2/c1-18-9-10-22(25(13-18)33-23-11-12-32-17-23)16-29-26(27-4)28-15-21-7-5-6-8-24(21)31-20(3)14-19(2)30-31/h5-10,13-14,23H,11-12,15-17H2,1-4H3,(H2,27,28,29). The van der Waals surface area contributed by atoms with Crippen LogP contribution in [0.15, 0.2) is 53.5 Å². The van der Waals surface area contributed by atoms with Crippen molar-refractivity contribution in [1.29, 1.82) is 0 Å². The van der Waals surface area contributed by atoms with Crippen molar-refractivity contribution in [2.75, 3.05) is 20.3 Å². The highest BCUT2D eigenvalue weighted by molar-refractivity contribution is 5.79. The Morgan fingerprint density at radius 1 is 1.09 bits per heavy atom. The van der Waals surface area contributed by atoms with Crippen molar-refractivity contribution in [3.63, 3.8) is 0 Å². The molecule has 2 heterocycles. The fraction of sp³-hybridized carbons (Fsp3) is 0.385. The second-order valence-corrected chi connectivity index (χ2v) is 8.46. The largest absolute Gasteiger partial charge is 0.488 e. The van der Waals surface area contributed by atoms with Crippen LogP contribution < -0.4 is 15.4 Å². The summed E-state index contributed by atoms with van der Waals surface area (Å²) in [5.41, 5.74) is 6.61. The first kappa shape index (κ1) is 22.9. The molecule has 1 unspecified atom stereocenters. The second-order valence-electron chi connectivity index (χ2n) is 8.46. The molecule has 2 N–H and O–H groups in total. The Bertz CT molecular complexity index is 1120. The lowest BCUT2D eigenvalue weighted by Gasteiger charge is -2.18. The van der Waals surface area contributed by atoms with Crippen LogP contribution in [-0.2, 0) is 17.8 Å². The summed E-state index contributed by atoms with van der Waals surface area (Å²) in [6.45, 7) is 8.82. The topological polar surface area (TPSA) is 72.7 Å². The van der Waals surface area contributed by atoms with Gasteiger partial charge in [0.15, 0.2) is 5.96 Å². The minimum Gasteiger partial charge on any atom is -0.488 e. The lowest BCUT2D eigenvalue weighted by Crippen LogP contribution is -2.36. The number of aromatic nitrogens is 2. The van der Waals surface area contributed by atoms with Crippen molar-refractivity contribution in [2.45, 2.75) is 46.4 Å². The number of nitrogens with one attached hydrogen (secondary N) is 2. The van der Waals surface area contributed by atoms with Crippen molar-refractivity contribution in [2.24, 2.45) is 4.99 Å². The van der Waals surface area contributed by atoms with Crippen molar-refractivity contribution in [3.05, 3.63) is 76.6 Å². The third kappa shape index (κ3) is 5.73. The van der Waals surface area contributed by atoms with Crippen LogP contribution >= 0.6 is 0 Å². The van der Waals surface area contributed by atoms with E-state index in [9.17, 15) is 0 Å². The van der Waals surface area contributed by atoms with Gasteiger partial charge in [-0.1, -0.05) is 30.3 Å². The third-order valence-corrected chi connectivity index (χ3v) is 5.75. The fourth-order valence-corrected chi connectivity index (χ4v) is 4.02. The normalized spacial score (nSPS) is 16.1. The van der Waals surface area contributed by atoms with Gasteiger partial charge in [0.1, 0.15) is 11.9 Å². The van der Waals surface area contributed by atoms with Gasteiger partial charge in [-0.05, 0) is 50.1 Å². The molecule has 1 aromatic heterocycles. The number of nitrogens with zero attached hydrogens (tertiary/aromatic N) is 3. The molecule has 2 aromatic carbocycles. The van der Waals surface area contributed by atoms with Gasteiger partial charge in [0.2, 0.25) is 0 Å². The highest BCUT2D eigenvalue weighted by atomic mass is 16.5. The monoisotopic (exact) mass is 447 g/mol. The van der Waals surface area contributed by atoms with Gasteiger partial charge in [-0.2, -0.15) is 5.10 Å². The summed E-state index contributed by atoms with van der Waals surface area (Å²) in [7, 11) is 1.78. The summed E-state index contributed by atoms with van der Waals surface area (Å²) in [6, 6.07) is 16.7.